The van der Waals surface area contributed by atoms with E-state index in [9.17, 15) is 4.79 Å². The Labute approximate surface area is 124 Å². The smallest absolute Gasteiger partial charge is 0.221 e. The SMILES string of the molecule is CC(C)CNC(=O)CCNC(C)CC1CCCCCN1. The van der Waals surface area contributed by atoms with Gasteiger partial charge in [-0.1, -0.05) is 26.7 Å². The molecular formula is C16H33N3O. The molecule has 1 heterocycles. The molecule has 118 valence electrons. The summed E-state index contributed by atoms with van der Waals surface area (Å²) in [4.78, 5) is 11.6. The third kappa shape index (κ3) is 8.54. The second kappa shape index (κ2) is 10.2. The van der Waals surface area contributed by atoms with E-state index in [4.69, 9.17) is 0 Å². The zero-order valence-corrected chi connectivity index (χ0v) is 13.5. The van der Waals surface area contributed by atoms with Gasteiger partial charge in [0.25, 0.3) is 0 Å². The Hall–Kier alpha value is -0.610. The fourth-order valence-corrected chi connectivity index (χ4v) is 2.65. The lowest BCUT2D eigenvalue weighted by Crippen LogP contribution is -2.38. The molecule has 1 saturated heterocycles. The van der Waals surface area contributed by atoms with Crippen molar-refractivity contribution in [3.63, 3.8) is 0 Å². The van der Waals surface area contributed by atoms with Gasteiger partial charge in [-0.25, -0.2) is 0 Å². The van der Waals surface area contributed by atoms with E-state index in [0.29, 0.717) is 24.4 Å². The monoisotopic (exact) mass is 283 g/mol. The predicted octanol–water partition coefficient (Wildman–Crippen LogP) is 2.05. The molecule has 1 amide bonds. The lowest BCUT2D eigenvalue weighted by molar-refractivity contribution is -0.121. The molecule has 0 spiro atoms. The van der Waals surface area contributed by atoms with E-state index in [0.717, 1.165) is 26.1 Å². The summed E-state index contributed by atoms with van der Waals surface area (Å²) in [6, 6.07) is 1.12. The van der Waals surface area contributed by atoms with Crippen LogP contribution in [0.1, 0.15) is 59.3 Å². The molecular weight excluding hydrogens is 250 g/mol. The van der Waals surface area contributed by atoms with E-state index in [1.807, 2.05) is 0 Å². The molecule has 0 radical (unpaired) electrons. The van der Waals surface area contributed by atoms with Gasteiger partial charge in [-0.05, 0) is 38.6 Å². The minimum Gasteiger partial charge on any atom is -0.356 e. The molecule has 1 rings (SSSR count). The summed E-state index contributed by atoms with van der Waals surface area (Å²) in [5.41, 5.74) is 0. The molecule has 0 aliphatic carbocycles. The Bertz CT molecular complexity index is 260. The van der Waals surface area contributed by atoms with Crippen LogP contribution in [0.4, 0.5) is 0 Å². The average Bonchev–Trinajstić information content (AvgIpc) is 2.65. The maximum Gasteiger partial charge on any atom is 0.221 e. The first-order valence-corrected chi connectivity index (χ1v) is 8.31. The molecule has 0 bridgehead atoms. The fraction of sp³-hybridized carbons (Fsp3) is 0.938. The van der Waals surface area contributed by atoms with Crippen molar-refractivity contribution < 1.29 is 4.79 Å². The zero-order valence-electron chi connectivity index (χ0n) is 13.5. The molecule has 2 unspecified atom stereocenters. The van der Waals surface area contributed by atoms with Crippen LogP contribution in [-0.4, -0.2) is 37.6 Å². The van der Waals surface area contributed by atoms with E-state index < -0.39 is 0 Å². The number of hydrogen-bond donors (Lipinski definition) is 3. The van der Waals surface area contributed by atoms with Gasteiger partial charge in [0, 0.05) is 31.6 Å². The zero-order chi connectivity index (χ0) is 14.8. The second-order valence-electron chi connectivity index (χ2n) is 6.54. The largest absolute Gasteiger partial charge is 0.356 e. The summed E-state index contributed by atoms with van der Waals surface area (Å²) in [5.74, 6) is 0.679. The number of amides is 1. The van der Waals surface area contributed by atoms with Crippen LogP contribution in [0, 0.1) is 5.92 Å². The molecule has 0 aromatic rings. The number of hydrogen-bond acceptors (Lipinski definition) is 3. The van der Waals surface area contributed by atoms with Crippen molar-refractivity contribution in [1.29, 1.82) is 0 Å². The van der Waals surface area contributed by atoms with Crippen LogP contribution in [0.15, 0.2) is 0 Å². The maximum atomic E-state index is 11.6. The van der Waals surface area contributed by atoms with E-state index in [2.05, 4.69) is 36.7 Å². The van der Waals surface area contributed by atoms with Crippen molar-refractivity contribution in [2.24, 2.45) is 5.92 Å². The second-order valence-corrected chi connectivity index (χ2v) is 6.54. The Morgan fingerprint density at radius 2 is 2.05 bits per heavy atom. The van der Waals surface area contributed by atoms with E-state index >= 15 is 0 Å². The highest BCUT2D eigenvalue weighted by molar-refractivity contribution is 5.76. The van der Waals surface area contributed by atoms with Crippen LogP contribution in [-0.2, 0) is 4.79 Å². The molecule has 1 aliphatic rings. The van der Waals surface area contributed by atoms with Gasteiger partial charge in [0.05, 0.1) is 0 Å². The fourth-order valence-electron chi connectivity index (χ4n) is 2.65. The quantitative estimate of drug-likeness (QED) is 0.639. The topological polar surface area (TPSA) is 53.2 Å². The third-order valence-electron chi connectivity index (χ3n) is 3.85. The molecule has 3 N–H and O–H groups in total. The van der Waals surface area contributed by atoms with E-state index in [-0.39, 0.29) is 5.91 Å². The summed E-state index contributed by atoms with van der Waals surface area (Å²) < 4.78 is 0. The summed E-state index contributed by atoms with van der Waals surface area (Å²) in [7, 11) is 0. The summed E-state index contributed by atoms with van der Waals surface area (Å²) >= 11 is 0. The minimum absolute atomic E-state index is 0.158. The van der Waals surface area contributed by atoms with Crippen LogP contribution in [0.2, 0.25) is 0 Å². The van der Waals surface area contributed by atoms with Gasteiger partial charge in [-0.2, -0.15) is 0 Å². The molecule has 20 heavy (non-hydrogen) atoms. The normalized spacial score (nSPS) is 21.5. The van der Waals surface area contributed by atoms with E-state index in [1.165, 1.54) is 25.7 Å². The van der Waals surface area contributed by atoms with Gasteiger partial charge in [0.1, 0.15) is 0 Å². The Balaban J connectivity index is 2.06. The van der Waals surface area contributed by atoms with Crippen LogP contribution in [0.25, 0.3) is 0 Å². The molecule has 1 fully saturated rings. The Morgan fingerprint density at radius 3 is 2.80 bits per heavy atom. The predicted molar refractivity (Wildman–Crippen MR) is 84.8 cm³/mol. The first-order valence-electron chi connectivity index (χ1n) is 8.31. The van der Waals surface area contributed by atoms with Crippen LogP contribution in [0.3, 0.4) is 0 Å². The van der Waals surface area contributed by atoms with Gasteiger partial charge >= 0.3 is 0 Å². The molecule has 0 saturated carbocycles. The first-order chi connectivity index (χ1) is 9.58. The number of carbonyl (C=O) groups is 1. The maximum absolute atomic E-state index is 11.6. The minimum atomic E-state index is 0.158. The van der Waals surface area contributed by atoms with Crippen molar-refractivity contribution in [1.82, 2.24) is 16.0 Å². The highest BCUT2D eigenvalue weighted by Gasteiger charge is 2.14. The van der Waals surface area contributed by atoms with Crippen molar-refractivity contribution in [2.45, 2.75) is 71.4 Å². The van der Waals surface area contributed by atoms with Crippen LogP contribution in [0.5, 0.6) is 0 Å². The van der Waals surface area contributed by atoms with Crippen LogP contribution >= 0.6 is 0 Å². The number of nitrogens with one attached hydrogen (secondary N) is 3. The van der Waals surface area contributed by atoms with Crippen molar-refractivity contribution in [2.75, 3.05) is 19.6 Å². The summed E-state index contributed by atoms with van der Waals surface area (Å²) in [5, 5.41) is 10.0. The summed E-state index contributed by atoms with van der Waals surface area (Å²) in [6.07, 6.45) is 7.06. The van der Waals surface area contributed by atoms with Gasteiger partial charge in [0.15, 0.2) is 0 Å². The molecule has 0 aromatic carbocycles. The van der Waals surface area contributed by atoms with Crippen molar-refractivity contribution in [3.8, 4) is 0 Å². The first kappa shape index (κ1) is 17.4. The van der Waals surface area contributed by atoms with Gasteiger partial charge in [-0.15, -0.1) is 0 Å². The Kier molecular flexibility index (Phi) is 8.86. The highest BCUT2D eigenvalue weighted by Crippen LogP contribution is 2.12. The average molecular weight is 283 g/mol. The lowest BCUT2D eigenvalue weighted by Gasteiger charge is -2.21. The Morgan fingerprint density at radius 1 is 1.25 bits per heavy atom. The molecule has 0 aromatic heterocycles. The number of rotatable bonds is 8. The molecule has 2 atom stereocenters. The highest BCUT2D eigenvalue weighted by atomic mass is 16.1. The molecule has 4 heteroatoms. The van der Waals surface area contributed by atoms with Crippen molar-refractivity contribution >= 4 is 5.91 Å². The van der Waals surface area contributed by atoms with E-state index in [1.54, 1.807) is 0 Å². The standard InChI is InChI=1S/C16H33N3O/c1-13(2)12-19-16(20)8-10-17-14(3)11-15-7-5-4-6-9-18-15/h13-15,17-18H,4-12H2,1-3H3,(H,19,20). The molecule has 1 aliphatic heterocycles. The third-order valence-corrected chi connectivity index (χ3v) is 3.85. The summed E-state index contributed by atoms with van der Waals surface area (Å²) in [6.45, 7) is 9.16. The van der Waals surface area contributed by atoms with Crippen molar-refractivity contribution in [3.05, 3.63) is 0 Å². The molecule has 4 nitrogen and oxygen atoms in total. The lowest BCUT2D eigenvalue weighted by atomic mass is 10.0. The van der Waals surface area contributed by atoms with Gasteiger partial charge in [0.2, 0.25) is 5.91 Å². The van der Waals surface area contributed by atoms with Crippen LogP contribution < -0.4 is 16.0 Å². The van der Waals surface area contributed by atoms with Gasteiger partial charge < -0.3 is 16.0 Å². The van der Waals surface area contributed by atoms with Gasteiger partial charge in [-0.3, -0.25) is 4.79 Å². The number of carbonyl (C=O) groups excluding carboxylic acids is 1.